The summed E-state index contributed by atoms with van der Waals surface area (Å²) in [6.45, 7) is 2.88. The molecule has 0 aliphatic carbocycles. The molecule has 0 aliphatic heterocycles. The lowest BCUT2D eigenvalue weighted by Crippen LogP contribution is -1.93. The van der Waals surface area contributed by atoms with Crippen LogP contribution in [0.3, 0.4) is 0 Å². The maximum atomic E-state index is 5.03. The molecule has 0 heterocycles. The van der Waals surface area contributed by atoms with E-state index in [0.717, 1.165) is 13.0 Å². The fourth-order valence-electron chi connectivity index (χ4n) is 0. The lowest BCUT2D eigenvalue weighted by atomic mass is 10.5. The molecule has 0 aliphatic rings. The van der Waals surface area contributed by atoms with Crippen LogP contribution < -0.4 is 18.0 Å². The fourth-order valence-corrected chi connectivity index (χ4v) is 0. The van der Waals surface area contributed by atoms with E-state index in [1.165, 1.54) is 0 Å². The van der Waals surface area contributed by atoms with Crippen molar-refractivity contribution in [3.8, 4) is 0 Å². The zero-order valence-electron chi connectivity index (χ0n) is 4.41. The Morgan fingerprint density at radius 1 is 1.33 bits per heavy atom. The van der Waals surface area contributed by atoms with Crippen LogP contribution in [0.4, 0.5) is 0 Å². The average molecular weight is 93.2 g/mol. The Bertz CT molecular complexity index is 8.00. The largest absolute Gasteiger partial charge is 0.344 e. The van der Waals surface area contributed by atoms with Gasteiger partial charge in [-0.1, -0.05) is 6.92 Å². The van der Waals surface area contributed by atoms with Gasteiger partial charge in [-0.25, -0.2) is 0 Å². The first-order chi connectivity index (χ1) is 1.91. The van der Waals surface area contributed by atoms with Crippen molar-refractivity contribution in [2.75, 3.05) is 6.54 Å². The molecule has 0 bridgehead atoms. The molecule has 3 heteroatoms. The summed E-state index contributed by atoms with van der Waals surface area (Å²) in [5, 5.41) is 0. The molecule has 0 saturated carbocycles. The SMILES string of the molecule is CCCN.N.N. The molecule has 0 aromatic rings. The standard InChI is InChI=1S/C3H9N.2H3N/c1-2-3-4;;/h2-4H2,1H3;2*1H3. The van der Waals surface area contributed by atoms with Crippen LogP contribution in [0.2, 0.25) is 0 Å². The van der Waals surface area contributed by atoms with Gasteiger partial charge in [0, 0.05) is 0 Å². The molecule has 0 atom stereocenters. The summed E-state index contributed by atoms with van der Waals surface area (Å²) in [7, 11) is 0. The minimum Gasteiger partial charge on any atom is -0.344 e. The molecule has 0 rings (SSSR count). The summed E-state index contributed by atoms with van der Waals surface area (Å²) in [6, 6.07) is 0. The van der Waals surface area contributed by atoms with E-state index < -0.39 is 0 Å². The van der Waals surface area contributed by atoms with Crippen LogP contribution in [-0.4, -0.2) is 6.54 Å². The molecule has 42 valence electrons. The Morgan fingerprint density at radius 2 is 1.50 bits per heavy atom. The quantitative estimate of drug-likeness (QED) is 0.444. The van der Waals surface area contributed by atoms with Crippen LogP contribution in [-0.2, 0) is 0 Å². The van der Waals surface area contributed by atoms with Gasteiger partial charge in [0.15, 0.2) is 0 Å². The maximum absolute atomic E-state index is 5.03. The van der Waals surface area contributed by atoms with Crippen molar-refractivity contribution in [2.45, 2.75) is 13.3 Å². The van der Waals surface area contributed by atoms with Crippen molar-refractivity contribution in [3.63, 3.8) is 0 Å². The third kappa shape index (κ3) is 41.6. The van der Waals surface area contributed by atoms with Gasteiger partial charge in [-0.05, 0) is 13.0 Å². The molecule has 0 fully saturated rings. The first kappa shape index (κ1) is 16.9. The lowest BCUT2D eigenvalue weighted by molar-refractivity contribution is 0.932. The van der Waals surface area contributed by atoms with E-state index in [1.807, 2.05) is 0 Å². The van der Waals surface area contributed by atoms with Crippen molar-refractivity contribution in [3.05, 3.63) is 0 Å². The predicted molar refractivity (Wildman–Crippen MR) is 29.4 cm³/mol. The molecule has 8 N–H and O–H groups in total. The molecular weight excluding hydrogens is 78.1 g/mol. The first-order valence-corrected chi connectivity index (χ1v) is 1.62. The Balaban J connectivity index is -0.0000000450. The van der Waals surface area contributed by atoms with Crippen molar-refractivity contribution in [1.29, 1.82) is 0 Å². The molecule has 0 amide bonds. The summed E-state index contributed by atoms with van der Waals surface area (Å²) in [5.41, 5.74) is 5.03. The normalized spacial score (nSPS) is 5.00. The monoisotopic (exact) mass is 93.1 g/mol. The van der Waals surface area contributed by atoms with Gasteiger partial charge in [0.1, 0.15) is 0 Å². The van der Waals surface area contributed by atoms with Gasteiger partial charge in [0.25, 0.3) is 0 Å². The summed E-state index contributed by atoms with van der Waals surface area (Å²) >= 11 is 0. The maximum Gasteiger partial charge on any atom is -0.00799 e. The highest BCUT2D eigenvalue weighted by atomic mass is 14.5. The van der Waals surface area contributed by atoms with Crippen molar-refractivity contribution in [1.82, 2.24) is 12.3 Å². The van der Waals surface area contributed by atoms with Gasteiger partial charge >= 0.3 is 0 Å². The van der Waals surface area contributed by atoms with Crippen LogP contribution in [0.1, 0.15) is 13.3 Å². The summed E-state index contributed by atoms with van der Waals surface area (Å²) in [6.07, 6.45) is 1.10. The van der Waals surface area contributed by atoms with Gasteiger partial charge in [0.05, 0.1) is 0 Å². The third-order valence-electron chi connectivity index (χ3n) is 0.289. The molecule has 6 heavy (non-hydrogen) atoms. The number of hydrogen-bond donors (Lipinski definition) is 3. The molecule has 3 nitrogen and oxygen atoms in total. The molecular formula is C3H15N3. The fraction of sp³-hybridized carbons (Fsp3) is 1.00. The average Bonchev–Trinajstić information content (AvgIpc) is 1.37. The Kier molecular flexibility index (Phi) is 58.5. The van der Waals surface area contributed by atoms with Crippen molar-refractivity contribution >= 4 is 0 Å². The molecule has 0 aromatic heterocycles. The number of nitrogens with two attached hydrogens (primary N) is 1. The Labute approximate surface area is 39.1 Å². The summed E-state index contributed by atoms with van der Waals surface area (Å²) in [4.78, 5) is 0. The van der Waals surface area contributed by atoms with E-state index in [9.17, 15) is 0 Å². The van der Waals surface area contributed by atoms with E-state index in [2.05, 4.69) is 6.92 Å². The molecule has 0 saturated heterocycles. The Hall–Kier alpha value is -0.120. The number of hydrogen-bond acceptors (Lipinski definition) is 3. The second-order valence-corrected chi connectivity index (χ2v) is 0.789. The highest BCUT2D eigenvalue weighted by Crippen LogP contribution is 1.57. The lowest BCUT2D eigenvalue weighted by Gasteiger charge is -1.70. The van der Waals surface area contributed by atoms with Crippen LogP contribution in [0.25, 0.3) is 0 Å². The van der Waals surface area contributed by atoms with Gasteiger partial charge in [-0.15, -0.1) is 0 Å². The highest BCUT2D eigenvalue weighted by molar-refractivity contribution is 4.19. The van der Waals surface area contributed by atoms with Crippen LogP contribution in [0.15, 0.2) is 0 Å². The molecule has 0 unspecified atom stereocenters. The minimum absolute atomic E-state index is 0. The molecule has 0 radical (unpaired) electrons. The highest BCUT2D eigenvalue weighted by Gasteiger charge is 1.55. The molecule has 0 spiro atoms. The van der Waals surface area contributed by atoms with Gasteiger partial charge < -0.3 is 18.0 Å². The summed E-state index contributed by atoms with van der Waals surface area (Å²) < 4.78 is 0. The smallest absolute Gasteiger partial charge is 0.00799 e. The van der Waals surface area contributed by atoms with Crippen LogP contribution in [0, 0.1) is 0 Å². The van der Waals surface area contributed by atoms with Gasteiger partial charge in [-0.2, -0.15) is 0 Å². The van der Waals surface area contributed by atoms with E-state index in [-0.39, 0.29) is 12.3 Å². The Morgan fingerprint density at radius 3 is 1.50 bits per heavy atom. The van der Waals surface area contributed by atoms with Gasteiger partial charge in [-0.3, -0.25) is 0 Å². The topological polar surface area (TPSA) is 96.0 Å². The van der Waals surface area contributed by atoms with Crippen LogP contribution >= 0.6 is 0 Å². The van der Waals surface area contributed by atoms with Crippen molar-refractivity contribution in [2.24, 2.45) is 5.73 Å². The second kappa shape index (κ2) is 20.8. The first-order valence-electron chi connectivity index (χ1n) is 1.62. The summed E-state index contributed by atoms with van der Waals surface area (Å²) in [5.74, 6) is 0. The predicted octanol–water partition coefficient (Wildman–Crippen LogP) is 0.679. The number of rotatable bonds is 1. The van der Waals surface area contributed by atoms with E-state index in [4.69, 9.17) is 5.73 Å². The second-order valence-electron chi connectivity index (χ2n) is 0.789. The third-order valence-corrected chi connectivity index (χ3v) is 0.289. The zero-order valence-corrected chi connectivity index (χ0v) is 4.41. The molecule has 0 aromatic carbocycles. The zero-order chi connectivity index (χ0) is 3.41. The van der Waals surface area contributed by atoms with Gasteiger partial charge in [0.2, 0.25) is 0 Å². The van der Waals surface area contributed by atoms with E-state index in [0.29, 0.717) is 0 Å². The van der Waals surface area contributed by atoms with E-state index in [1.54, 1.807) is 0 Å². The van der Waals surface area contributed by atoms with E-state index >= 15 is 0 Å². The van der Waals surface area contributed by atoms with Crippen molar-refractivity contribution < 1.29 is 0 Å². The minimum atomic E-state index is 0. The van der Waals surface area contributed by atoms with Crippen LogP contribution in [0.5, 0.6) is 0 Å².